The van der Waals surface area contributed by atoms with Crippen molar-refractivity contribution in [1.29, 1.82) is 0 Å². The standard InChI is InChI=1S/C12H17N/c1-7-12(11(5)13-6)8-10(4)9(2)3/h7-8H,1-2,4H2,3,5-6H3/b12-8-,13-11?. The minimum atomic E-state index is 0.915. The summed E-state index contributed by atoms with van der Waals surface area (Å²) in [5.74, 6) is 0. The highest BCUT2D eigenvalue weighted by molar-refractivity contribution is 6.01. The van der Waals surface area contributed by atoms with Crippen LogP contribution in [0.5, 0.6) is 0 Å². The second kappa shape index (κ2) is 5.31. The van der Waals surface area contributed by atoms with E-state index in [9.17, 15) is 0 Å². The summed E-state index contributed by atoms with van der Waals surface area (Å²) in [6.45, 7) is 15.3. The Balaban J connectivity index is 4.88. The molecule has 0 aromatic heterocycles. The van der Waals surface area contributed by atoms with Crippen molar-refractivity contribution in [3.63, 3.8) is 0 Å². The number of hydrogen-bond donors (Lipinski definition) is 0. The van der Waals surface area contributed by atoms with Gasteiger partial charge in [-0.1, -0.05) is 31.4 Å². The van der Waals surface area contributed by atoms with E-state index in [2.05, 4.69) is 24.7 Å². The predicted molar refractivity (Wildman–Crippen MR) is 61.3 cm³/mol. The van der Waals surface area contributed by atoms with Gasteiger partial charge in [-0.05, 0) is 31.1 Å². The van der Waals surface area contributed by atoms with Gasteiger partial charge in [-0.15, -0.1) is 0 Å². The zero-order valence-electron chi connectivity index (χ0n) is 8.72. The van der Waals surface area contributed by atoms with Gasteiger partial charge in [-0.2, -0.15) is 0 Å². The largest absolute Gasteiger partial charge is 0.293 e. The smallest absolute Gasteiger partial charge is 0.0386 e. The van der Waals surface area contributed by atoms with Crippen LogP contribution in [-0.4, -0.2) is 12.8 Å². The lowest BCUT2D eigenvalue weighted by molar-refractivity contribution is 1.40. The molecule has 0 saturated carbocycles. The maximum absolute atomic E-state index is 4.08. The normalized spacial score (nSPS) is 12.5. The molecule has 0 atom stereocenters. The van der Waals surface area contributed by atoms with Crippen LogP contribution in [0.25, 0.3) is 0 Å². The number of aliphatic imine (C=N–C) groups is 1. The van der Waals surface area contributed by atoms with Gasteiger partial charge >= 0.3 is 0 Å². The minimum Gasteiger partial charge on any atom is -0.293 e. The Morgan fingerprint density at radius 3 is 2.08 bits per heavy atom. The third kappa shape index (κ3) is 3.70. The van der Waals surface area contributed by atoms with Gasteiger partial charge in [0, 0.05) is 12.8 Å². The van der Waals surface area contributed by atoms with Gasteiger partial charge in [0.05, 0.1) is 0 Å². The summed E-state index contributed by atoms with van der Waals surface area (Å²) < 4.78 is 0. The van der Waals surface area contributed by atoms with E-state index in [0.717, 1.165) is 22.4 Å². The van der Waals surface area contributed by atoms with Crippen LogP contribution < -0.4 is 0 Å². The molecule has 1 heteroatoms. The Morgan fingerprint density at radius 1 is 1.23 bits per heavy atom. The molecule has 0 saturated heterocycles. The Morgan fingerprint density at radius 2 is 1.77 bits per heavy atom. The van der Waals surface area contributed by atoms with Crippen molar-refractivity contribution in [1.82, 2.24) is 0 Å². The summed E-state index contributed by atoms with van der Waals surface area (Å²) in [6, 6.07) is 0. The van der Waals surface area contributed by atoms with E-state index < -0.39 is 0 Å². The topological polar surface area (TPSA) is 12.4 Å². The monoisotopic (exact) mass is 175 g/mol. The first-order chi connectivity index (χ1) is 6.02. The highest BCUT2D eigenvalue weighted by Gasteiger charge is 1.97. The molecule has 0 amide bonds. The van der Waals surface area contributed by atoms with E-state index in [1.807, 2.05) is 19.9 Å². The van der Waals surface area contributed by atoms with Crippen LogP contribution >= 0.6 is 0 Å². The van der Waals surface area contributed by atoms with Crippen molar-refractivity contribution >= 4 is 5.71 Å². The molecule has 0 bridgehead atoms. The van der Waals surface area contributed by atoms with E-state index in [1.54, 1.807) is 13.1 Å². The number of nitrogens with zero attached hydrogens (tertiary/aromatic N) is 1. The maximum Gasteiger partial charge on any atom is 0.0386 e. The summed E-state index contributed by atoms with van der Waals surface area (Å²) in [5.41, 5.74) is 3.83. The van der Waals surface area contributed by atoms with Crippen LogP contribution in [0.15, 0.2) is 53.6 Å². The molecule has 0 spiro atoms. The molecule has 0 rings (SSSR count). The number of rotatable bonds is 4. The first-order valence-corrected chi connectivity index (χ1v) is 4.15. The van der Waals surface area contributed by atoms with Crippen LogP contribution in [0, 0.1) is 0 Å². The summed E-state index contributed by atoms with van der Waals surface area (Å²) in [4.78, 5) is 4.08. The van der Waals surface area contributed by atoms with Crippen molar-refractivity contribution in [2.45, 2.75) is 13.8 Å². The Labute approximate surface area is 80.9 Å². The van der Waals surface area contributed by atoms with Gasteiger partial charge in [-0.3, -0.25) is 4.99 Å². The molecule has 0 aliphatic rings. The molecular weight excluding hydrogens is 158 g/mol. The van der Waals surface area contributed by atoms with Crippen LogP contribution in [0.3, 0.4) is 0 Å². The van der Waals surface area contributed by atoms with Crippen LogP contribution in [-0.2, 0) is 0 Å². The summed E-state index contributed by atoms with van der Waals surface area (Å²) in [6.07, 6.45) is 3.72. The second-order valence-electron chi connectivity index (χ2n) is 2.92. The number of allylic oxidation sites excluding steroid dienone is 5. The highest BCUT2D eigenvalue weighted by Crippen LogP contribution is 2.10. The fourth-order valence-corrected chi connectivity index (χ4v) is 0.751. The van der Waals surface area contributed by atoms with E-state index >= 15 is 0 Å². The highest BCUT2D eigenvalue weighted by atomic mass is 14.7. The molecule has 0 aromatic carbocycles. The first kappa shape index (κ1) is 11.6. The molecule has 0 aliphatic heterocycles. The van der Waals surface area contributed by atoms with Gasteiger partial charge in [-0.25, -0.2) is 0 Å². The van der Waals surface area contributed by atoms with Crippen molar-refractivity contribution in [3.8, 4) is 0 Å². The van der Waals surface area contributed by atoms with Crippen molar-refractivity contribution in [2.75, 3.05) is 7.05 Å². The lowest BCUT2D eigenvalue weighted by atomic mass is 10.0. The Kier molecular flexibility index (Phi) is 4.75. The second-order valence-corrected chi connectivity index (χ2v) is 2.92. The van der Waals surface area contributed by atoms with Gasteiger partial charge < -0.3 is 0 Å². The van der Waals surface area contributed by atoms with E-state index in [4.69, 9.17) is 0 Å². The predicted octanol–water partition coefficient (Wildman–Crippen LogP) is 3.32. The molecule has 0 fully saturated rings. The number of hydrogen-bond acceptors (Lipinski definition) is 1. The molecule has 0 aliphatic carbocycles. The molecule has 1 nitrogen and oxygen atoms in total. The molecule has 0 radical (unpaired) electrons. The van der Waals surface area contributed by atoms with Gasteiger partial charge in [0.2, 0.25) is 0 Å². The Bertz CT molecular complexity index is 290. The zero-order valence-corrected chi connectivity index (χ0v) is 8.72. The molecule has 0 N–H and O–H groups in total. The fourth-order valence-electron chi connectivity index (χ4n) is 0.751. The van der Waals surface area contributed by atoms with Crippen molar-refractivity contribution in [3.05, 3.63) is 48.6 Å². The van der Waals surface area contributed by atoms with Crippen molar-refractivity contribution < 1.29 is 0 Å². The van der Waals surface area contributed by atoms with Gasteiger partial charge in [0.15, 0.2) is 0 Å². The third-order valence-corrected chi connectivity index (χ3v) is 1.85. The van der Waals surface area contributed by atoms with Crippen molar-refractivity contribution in [2.24, 2.45) is 4.99 Å². The quantitative estimate of drug-likeness (QED) is 0.459. The third-order valence-electron chi connectivity index (χ3n) is 1.85. The van der Waals surface area contributed by atoms with E-state index in [0.29, 0.717) is 0 Å². The van der Waals surface area contributed by atoms with E-state index in [1.165, 1.54) is 0 Å². The van der Waals surface area contributed by atoms with E-state index in [-0.39, 0.29) is 0 Å². The summed E-state index contributed by atoms with van der Waals surface area (Å²) in [7, 11) is 1.76. The summed E-state index contributed by atoms with van der Waals surface area (Å²) in [5, 5.41) is 0. The molecular formula is C12H17N. The molecule has 70 valence electrons. The average Bonchev–Trinajstić information content (AvgIpc) is 2.12. The Hall–Kier alpha value is -1.37. The molecule has 0 unspecified atom stereocenters. The maximum atomic E-state index is 4.08. The lowest BCUT2D eigenvalue weighted by Gasteiger charge is -2.02. The van der Waals surface area contributed by atoms with Crippen LogP contribution in [0.2, 0.25) is 0 Å². The van der Waals surface area contributed by atoms with Gasteiger partial charge in [0.25, 0.3) is 0 Å². The molecule has 13 heavy (non-hydrogen) atoms. The van der Waals surface area contributed by atoms with Crippen LogP contribution in [0.1, 0.15) is 13.8 Å². The van der Waals surface area contributed by atoms with Crippen LogP contribution in [0.4, 0.5) is 0 Å². The molecule has 0 aromatic rings. The fraction of sp³-hybridized carbons (Fsp3) is 0.250. The first-order valence-electron chi connectivity index (χ1n) is 4.15. The summed E-state index contributed by atoms with van der Waals surface area (Å²) >= 11 is 0. The molecule has 0 heterocycles. The minimum absolute atomic E-state index is 0.915. The SMILES string of the molecule is C=C/C(=C/C(=C)C(=C)C)C(C)=NC. The van der Waals surface area contributed by atoms with Gasteiger partial charge in [0.1, 0.15) is 0 Å². The lowest BCUT2D eigenvalue weighted by Crippen LogP contribution is -1.94. The average molecular weight is 175 g/mol. The zero-order chi connectivity index (χ0) is 10.4.